The molecule has 112 valence electrons. The van der Waals surface area contributed by atoms with E-state index in [4.69, 9.17) is 4.74 Å². The van der Waals surface area contributed by atoms with Crippen LogP contribution in [-0.4, -0.2) is 35.5 Å². The fourth-order valence-electron chi connectivity index (χ4n) is 3.67. The summed E-state index contributed by atoms with van der Waals surface area (Å²) in [5, 5.41) is 14.2. The molecule has 19 heavy (non-hydrogen) atoms. The lowest BCUT2D eigenvalue weighted by Gasteiger charge is -2.42. The summed E-state index contributed by atoms with van der Waals surface area (Å²) < 4.78 is 6.01. The van der Waals surface area contributed by atoms with Crippen molar-refractivity contribution in [3.05, 3.63) is 0 Å². The molecule has 1 saturated carbocycles. The molecule has 2 rings (SSSR count). The molecule has 0 aromatic rings. The molecule has 2 aliphatic rings. The monoisotopic (exact) mass is 269 g/mol. The Hall–Kier alpha value is -0.120. The van der Waals surface area contributed by atoms with Crippen LogP contribution in [0.1, 0.15) is 71.6 Å². The molecule has 0 radical (unpaired) electrons. The van der Waals surface area contributed by atoms with Gasteiger partial charge in [0, 0.05) is 19.2 Å². The molecule has 1 atom stereocenters. The summed E-state index contributed by atoms with van der Waals surface area (Å²) in [6, 6.07) is 0.514. The predicted molar refractivity (Wildman–Crippen MR) is 78.3 cm³/mol. The van der Waals surface area contributed by atoms with Crippen LogP contribution in [0.5, 0.6) is 0 Å². The highest BCUT2D eigenvalue weighted by molar-refractivity contribution is 4.91. The van der Waals surface area contributed by atoms with Gasteiger partial charge in [0.25, 0.3) is 0 Å². The second-order valence-corrected chi connectivity index (χ2v) is 6.59. The Morgan fingerprint density at radius 1 is 1.16 bits per heavy atom. The van der Waals surface area contributed by atoms with Gasteiger partial charge in [0.05, 0.1) is 11.2 Å². The molecule has 0 amide bonds. The Kier molecular flexibility index (Phi) is 5.27. The average Bonchev–Trinajstić information content (AvgIpc) is 2.46. The third-order valence-corrected chi connectivity index (χ3v) is 5.29. The summed E-state index contributed by atoms with van der Waals surface area (Å²) >= 11 is 0. The summed E-state index contributed by atoms with van der Waals surface area (Å²) in [6.45, 7) is 6.07. The van der Waals surface area contributed by atoms with Crippen molar-refractivity contribution in [2.24, 2.45) is 0 Å². The Balaban J connectivity index is 1.82. The van der Waals surface area contributed by atoms with Crippen LogP contribution in [0.2, 0.25) is 0 Å². The zero-order chi connectivity index (χ0) is 13.8. The minimum absolute atomic E-state index is 0.0745. The van der Waals surface area contributed by atoms with Gasteiger partial charge in [-0.05, 0) is 38.5 Å². The molecule has 0 spiro atoms. The van der Waals surface area contributed by atoms with Crippen molar-refractivity contribution in [1.29, 1.82) is 0 Å². The van der Waals surface area contributed by atoms with Crippen molar-refractivity contribution in [2.75, 3.05) is 13.2 Å². The van der Waals surface area contributed by atoms with Gasteiger partial charge in [-0.1, -0.05) is 33.1 Å². The van der Waals surface area contributed by atoms with E-state index in [1.807, 2.05) is 0 Å². The smallest absolute Gasteiger partial charge is 0.0771 e. The zero-order valence-corrected chi connectivity index (χ0v) is 12.7. The van der Waals surface area contributed by atoms with Gasteiger partial charge in [-0.15, -0.1) is 0 Å². The number of aliphatic hydroxyl groups is 1. The topological polar surface area (TPSA) is 41.5 Å². The largest absolute Gasteiger partial charge is 0.389 e. The van der Waals surface area contributed by atoms with Crippen LogP contribution in [-0.2, 0) is 4.74 Å². The van der Waals surface area contributed by atoms with Crippen LogP contribution in [0, 0.1) is 0 Å². The minimum atomic E-state index is -0.447. The van der Waals surface area contributed by atoms with E-state index in [2.05, 4.69) is 19.2 Å². The van der Waals surface area contributed by atoms with E-state index in [0.717, 1.165) is 51.7 Å². The first-order valence-corrected chi connectivity index (χ1v) is 8.21. The standard InChI is InChI=1S/C16H31NO2/c1-3-16(4-2)12-14(8-11-19-16)17-13-15(18)9-6-5-7-10-15/h14,17-18H,3-13H2,1-2H3. The van der Waals surface area contributed by atoms with Crippen molar-refractivity contribution in [2.45, 2.75) is 88.9 Å². The Morgan fingerprint density at radius 2 is 1.84 bits per heavy atom. The summed E-state index contributed by atoms with van der Waals surface area (Å²) in [5.74, 6) is 0. The first kappa shape index (κ1) is 15.3. The first-order valence-electron chi connectivity index (χ1n) is 8.21. The van der Waals surface area contributed by atoms with E-state index in [9.17, 15) is 5.11 Å². The van der Waals surface area contributed by atoms with Crippen LogP contribution >= 0.6 is 0 Å². The van der Waals surface area contributed by atoms with E-state index in [0.29, 0.717) is 6.04 Å². The molecule has 0 aromatic heterocycles. The lowest BCUT2D eigenvalue weighted by atomic mass is 9.83. The Labute approximate surface area is 118 Å². The molecule has 0 bridgehead atoms. The molecule has 0 aromatic carbocycles. The molecule has 3 nitrogen and oxygen atoms in total. The van der Waals surface area contributed by atoms with E-state index >= 15 is 0 Å². The highest BCUT2D eigenvalue weighted by atomic mass is 16.5. The maximum absolute atomic E-state index is 10.6. The Bertz CT molecular complexity index is 270. The fourth-order valence-corrected chi connectivity index (χ4v) is 3.67. The van der Waals surface area contributed by atoms with E-state index in [-0.39, 0.29) is 5.60 Å². The van der Waals surface area contributed by atoms with Gasteiger partial charge in [-0.2, -0.15) is 0 Å². The fraction of sp³-hybridized carbons (Fsp3) is 1.00. The summed E-state index contributed by atoms with van der Waals surface area (Å²) in [4.78, 5) is 0. The first-order chi connectivity index (χ1) is 9.11. The van der Waals surface area contributed by atoms with Crippen molar-refractivity contribution in [1.82, 2.24) is 5.32 Å². The number of nitrogens with one attached hydrogen (secondary N) is 1. The SMILES string of the molecule is CCC1(CC)CC(NCC2(O)CCCCC2)CCO1. The van der Waals surface area contributed by atoms with E-state index < -0.39 is 5.60 Å². The van der Waals surface area contributed by atoms with Crippen LogP contribution in [0.4, 0.5) is 0 Å². The third-order valence-electron chi connectivity index (χ3n) is 5.29. The maximum atomic E-state index is 10.6. The molecular weight excluding hydrogens is 238 g/mol. The van der Waals surface area contributed by atoms with Gasteiger partial charge < -0.3 is 15.2 Å². The molecule has 2 N–H and O–H groups in total. The van der Waals surface area contributed by atoms with Crippen molar-refractivity contribution >= 4 is 0 Å². The predicted octanol–water partition coefficient (Wildman–Crippen LogP) is 3.01. The molecule has 1 aliphatic heterocycles. The van der Waals surface area contributed by atoms with Crippen molar-refractivity contribution < 1.29 is 9.84 Å². The molecule has 1 unspecified atom stereocenters. The van der Waals surface area contributed by atoms with Crippen molar-refractivity contribution in [3.63, 3.8) is 0 Å². The van der Waals surface area contributed by atoms with E-state index in [1.54, 1.807) is 0 Å². The normalized spacial score (nSPS) is 30.2. The van der Waals surface area contributed by atoms with Crippen LogP contribution in [0.15, 0.2) is 0 Å². The maximum Gasteiger partial charge on any atom is 0.0771 e. The number of hydrogen-bond donors (Lipinski definition) is 2. The van der Waals surface area contributed by atoms with Crippen molar-refractivity contribution in [3.8, 4) is 0 Å². The van der Waals surface area contributed by atoms with E-state index in [1.165, 1.54) is 19.3 Å². The zero-order valence-electron chi connectivity index (χ0n) is 12.7. The van der Waals surface area contributed by atoms with Gasteiger partial charge in [0.2, 0.25) is 0 Å². The quantitative estimate of drug-likeness (QED) is 0.806. The minimum Gasteiger partial charge on any atom is -0.389 e. The summed E-state index contributed by atoms with van der Waals surface area (Å²) in [6.07, 6.45) is 9.94. The van der Waals surface area contributed by atoms with Crippen LogP contribution in [0.3, 0.4) is 0 Å². The average molecular weight is 269 g/mol. The van der Waals surface area contributed by atoms with Gasteiger partial charge >= 0.3 is 0 Å². The number of rotatable bonds is 5. The number of hydrogen-bond acceptors (Lipinski definition) is 3. The molecule has 3 heteroatoms. The molecule has 1 saturated heterocycles. The third kappa shape index (κ3) is 3.93. The van der Waals surface area contributed by atoms with Crippen LogP contribution < -0.4 is 5.32 Å². The van der Waals surface area contributed by atoms with Crippen LogP contribution in [0.25, 0.3) is 0 Å². The second kappa shape index (κ2) is 6.55. The number of ether oxygens (including phenoxy) is 1. The Morgan fingerprint density at radius 3 is 2.47 bits per heavy atom. The summed E-state index contributed by atoms with van der Waals surface area (Å²) in [5.41, 5.74) is -0.372. The highest BCUT2D eigenvalue weighted by Crippen LogP contribution is 2.32. The molecule has 2 fully saturated rings. The lowest BCUT2D eigenvalue weighted by Crippen LogP contribution is -2.51. The van der Waals surface area contributed by atoms with Gasteiger partial charge in [-0.3, -0.25) is 0 Å². The molecule has 1 heterocycles. The highest BCUT2D eigenvalue weighted by Gasteiger charge is 2.36. The second-order valence-electron chi connectivity index (χ2n) is 6.59. The van der Waals surface area contributed by atoms with Gasteiger partial charge in [0.1, 0.15) is 0 Å². The lowest BCUT2D eigenvalue weighted by molar-refractivity contribution is -0.0960. The van der Waals surface area contributed by atoms with Gasteiger partial charge in [0.15, 0.2) is 0 Å². The summed E-state index contributed by atoms with van der Waals surface area (Å²) in [7, 11) is 0. The molecule has 1 aliphatic carbocycles. The molecular formula is C16H31NO2. The van der Waals surface area contributed by atoms with Gasteiger partial charge in [-0.25, -0.2) is 0 Å².